The molecule has 0 spiro atoms. The van der Waals surface area contributed by atoms with Crippen LogP contribution >= 0.6 is 23.2 Å². The molecule has 0 saturated carbocycles. The monoisotopic (exact) mass is 500 g/mol. The van der Waals surface area contributed by atoms with Crippen LogP contribution in [0.2, 0.25) is 10.0 Å². The highest BCUT2D eigenvalue weighted by Crippen LogP contribution is 2.40. The fourth-order valence-corrected chi connectivity index (χ4v) is 5.26. The maximum atomic E-state index is 14.7. The summed E-state index contributed by atoms with van der Waals surface area (Å²) >= 11 is 12.1. The van der Waals surface area contributed by atoms with Gasteiger partial charge in [-0.15, -0.1) is 0 Å². The third-order valence-corrected chi connectivity index (χ3v) is 7.13. The summed E-state index contributed by atoms with van der Waals surface area (Å²) in [6.45, 7) is 0.00628. The summed E-state index contributed by atoms with van der Waals surface area (Å²) in [7, 11) is -4.34. The molecule has 1 unspecified atom stereocenters. The van der Waals surface area contributed by atoms with Crippen molar-refractivity contribution in [1.29, 1.82) is 0 Å². The van der Waals surface area contributed by atoms with E-state index >= 15 is 0 Å². The topological polar surface area (TPSA) is 96.4 Å². The smallest absolute Gasteiger partial charge is 0.305 e. The maximum absolute atomic E-state index is 14.7. The average molecular weight is 501 g/mol. The zero-order chi connectivity index (χ0) is 23.5. The predicted molar refractivity (Wildman–Crippen MR) is 117 cm³/mol. The molecule has 0 aliphatic carbocycles. The number of pyridine rings is 1. The largest absolute Gasteiger partial charge is 0.481 e. The number of nitrogens with zero attached hydrogens (tertiary/aromatic N) is 1. The second-order valence-electron chi connectivity index (χ2n) is 6.71. The summed E-state index contributed by atoms with van der Waals surface area (Å²) in [4.78, 5) is 14.6. The number of anilines is 1. The Morgan fingerprint density at radius 3 is 2.41 bits per heavy atom. The minimum atomic E-state index is -4.34. The van der Waals surface area contributed by atoms with Gasteiger partial charge in [-0.1, -0.05) is 23.2 Å². The van der Waals surface area contributed by atoms with Crippen molar-refractivity contribution in [2.45, 2.75) is 16.6 Å². The van der Waals surface area contributed by atoms with E-state index in [4.69, 9.17) is 28.3 Å². The van der Waals surface area contributed by atoms with E-state index in [0.29, 0.717) is 5.02 Å². The normalized spacial score (nSPS) is 12.4. The first-order chi connectivity index (χ1) is 15.1. The van der Waals surface area contributed by atoms with E-state index in [-0.39, 0.29) is 34.3 Å². The van der Waals surface area contributed by atoms with Crippen molar-refractivity contribution >= 4 is 44.8 Å². The van der Waals surface area contributed by atoms with Crippen molar-refractivity contribution < 1.29 is 27.1 Å². The summed E-state index contributed by atoms with van der Waals surface area (Å²) in [5.74, 6) is -2.69. The van der Waals surface area contributed by atoms with Gasteiger partial charge in [0, 0.05) is 23.3 Å². The molecule has 0 aliphatic heterocycles. The zero-order valence-corrected chi connectivity index (χ0v) is 18.6. The minimum Gasteiger partial charge on any atom is -0.481 e. The zero-order valence-electron chi connectivity index (χ0n) is 16.2. The van der Waals surface area contributed by atoms with Gasteiger partial charge in [-0.3, -0.25) is 4.79 Å². The second-order valence-corrected chi connectivity index (χ2v) is 9.58. The quantitative estimate of drug-likeness (QED) is 0.445. The first kappa shape index (κ1) is 23.9. The Labute approximate surface area is 192 Å². The van der Waals surface area contributed by atoms with Crippen molar-refractivity contribution in [2.75, 3.05) is 11.9 Å². The molecule has 2 aromatic carbocycles. The van der Waals surface area contributed by atoms with E-state index in [2.05, 4.69) is 10.3 Å². The summed E-state index contributed by atoms with van der Waals surface area (Å²) in [6, 6.07) is 9.00. The van der Waals surface area contributed by atoms with Gasteiger partial charge in [0.15, 0.2) is 9.84 Å². The molecule has 1 heterocycles. The lowest BCUT2D eigenvalue weighted by molar-refractivity contribution is -0.136. The SMILES string of the molecule is O=C(O)CCNc1cc(C(c2cc(F)ccc2F)S(=O)(=O)c2ccc(Cl)cc2)c(Cl)cn1. The Morgan fingerprint density at radius 2 is 1.75 bits per heavy atom. The molecule has 0 saturated heterocycles. The number of carboxylic acids is 1. The highest BCUT2D eigenvalue weighted by molar-refractivity contribution is 7.92. The van der Waals surface area contributed by atoms with E-state index in [9.17, 15) is 22.0 Å². The Hall–Kier alpha value is -2.75. The number of hydrogen-bond acceptors (Lipinski definition) is 5. The number of nitrogens with one attached hydrogen (secondary N) is 1. The molecule has 168 valence electrons. The van der Waals surface area contributed by atoms with Crippen LogP contribution in [0.3, 0.4) is 0 Å². The highest BCUT2D eigenvalue weighted by Gasteiger charge is 2.35. The van der Waals surface area contributed by atoms with Crippen LogP contribution in [0.5, 0.6) is 0 Å². The Balaban J connectivity index is 2.18. The van der Waals surface area contributed by atoms with Gasteiger partial charge in [-0.2, -0.15) is 0 Å². The first-order valence-corrected chi connectivity index (χ1v) is 11.5. The van der Waals surface area contributed by atoms with Crippen LogP contribution in [-0.4, -0.2) is 31.0 Å². The number of sulfone groups is 1. The van der Waals surface area contributed by atoms with Gasteiger partial charge in [-0.05, 0) is 54.1 Å². The van der Waals surface area contributed by atoms with Crippen LogP contribution < -0.4 is 5.32 Å². The van der Waals surface area contributed by atoms with Gasteiger partial charge < -0.3 is 10.4 Å². The molecule has 0 aliphatic rings. The number of benzene rings is 2. The maximum Gasteiger partial charge on any atom is 0.305 e. The summed E-state index contributed by atoms with van der Waals surface area (Å²) in [5.41, 5.74) is -0.497. The Bertz CT molecular complexity index is 1260. The third kappa shape index (κ3) is 5.35. The highest BCUT2D eigenvalue weighted by atomic mass is 35.5. The molecule has 0 fully saturated rings. The first-order valence-electron chi connectivity index (χ1n) is 9.15. The van der Waals surface area contributed by atoms with E-state index in [1.807, 2.05) is 0 Å². The third-order valence-electron chi connectivity index (χ3n) is 4.51. The fraction of sp³-hybridized carbons (Fsp3) is 0.143. The molecule has 0 amide bonds. The Morgan fingerprint density at radius 1 is 1.06 bits per heavy atom. The fourth-order valence-electron chi connectivity index (χ4n) is 3.03. The van der Waals surface area contributed by atoms with E-state index in [0.717, 1.165) is 24.4 Å². The van der Waals surface area contributed by atoms with E-state index in [1.165, 1.54) is 30.3 Å². The number of rotatable bonds is 8. The van der Waals surface area contributed by atoms with Crippen LogP contribution in [0.25, 0.3) is 0 Å². The van der Waals surface area contributed by atoms with Crippen LogP contribution in [0.15, 0.2) is 59.6 Å². The van der Waals surface area contributed by atoms with E-state index < -0.39 is 38.3 Å². The van der Waals surface area contributed by atoms with Crippen molar-refractivity contribution in [1.82, 2.24) is 4.98 Å². The number of carboxylic acid groups (broad SMARTS) is 1. The van der Waals surface area contributed by atoms with Gasteiger partial charge in [0.25, 0.3) is 0 Å². The molecule has 3 aromatic rings. The number of aliphatic carboxylic acids is 1. The van der Waals surface area contributed by atoms with E-state index in [1.54, 1.807) is 0 Å². The van der Waals surface area contributed by atoms with Crippen molar-refractivity contribution in [3.05, 3.63) is 87.5 Å². The van der Waals surface area contributed by atoms with Gasteiger partial charge in [0.1, 0.15) is 22.7 Å². The molecule has 3 rings (SSSR count). The van der Waals surface area contributed by atoms with Crippen LogP contribution in [0, 0.1) is 11.6 Å². The van der Waals surface area contributed by atoms with Gasteiger partial charge in [-0.25, -0.2) is 22.2 Å². The lowest BCUT2D eigenvalue weighted by Crippen LogP contribution is -2.18. The molecule has 6 nitrogen and oxygen atoms in total. The van der Waals surface area contributed by atoms with Crippen molar-refractivity contribution in [3.8, 4) is 0 Å². The van der Waals surface area contributed by atoms with Crippen molar-refractivity contribution in [2.24, 2.45) is 0 Å². The summed E-state index contributed by atoms with van der Waals surface area (Å²) in [6.07, 6.45) is 0.937. The number of aromatic nitrogens is 1. The summed E-state index contributed by atoms with van der Waals surface area (Å²) < 4.78 is 55.9. The van der Waals surface area contributed by atoms with Crippen molar-refractivity contribution in [3.63, 3.8) is 0 Å². The minimum absolute atomic E-state index is 0.00628. The predicted octanol–water partition coefficient (Wildman–Crippen LogP) is 5.12. The van der Waals surface area contributed by atoms with Gasteiger partial charge in [0.2, 0.25) is 0 Å². The molecular weight excluding hydrogens is 485 g/mol. The second kappa shape index (κ2) is 9.81. The average Bonchev–Trinajstić information content (AvgIpc) is 2.73. The molecule has 0 bridgehead atoms. The molecule has 0 radical (unpaired) electrons. The lowest BCUT2D eigenvalue weighted by Gasteiger charge is -2.21. The molecule has 2 N–H and O–H groups in total. The molecule has 1 aromatic heterocycles. The van der Waals surface area contributed by atoms with Crippen LogP contribution in [-0.2, 0) is 14.6 Å². The molecular formula is C21H16Cl2F2N2O4S. The van der Waals surface area contributed by atoms with Crippen LogP contribution in [0.4, 0.5) is 14.6 Å². The molecule has 1 atom stereocenters. The molecule has 11 heteroatoms. The lowest BCUT2D eigenvalue weighted by atomic mass is 10.0. The van der Waals surface area contributed by atoms with Gasteiger partial charge >= 0.3 is 5.97 Å². The van der Waals surface area contributed by atoms with Crippen LogP contribution in [0.1, 0.15) is 22.8 Å². The Kier molecular flexibility index (Phi) is 7.33. The van der Waals surface area contributed by atoms with Gasteiger partial charge in [0.05, 0.1) is 16.3 Å². The standard InChI is InChI=1S/C21H16Cl2F2N2O4S/c22-12-1-4-14(5-2-12)32(30,31)21(16-9-13(24)3-6-18(16)25)15-10-19(27-11-17(15)23)26-8-7-20(28)29/h1-6,9-11,21H,7-8H2,(H,26,27)(H,28,29). The summed E-state index contributed by atoms with van der Waals surface area (Å²) in [5, 5.41) is 10.0. The number of hydrogen-bond donors (Lipinski definition) is 2. The number of halogens is 4. The molecule has 32 heavy (non-hydrogen) atoms. The number of carbonyl (C=O) groups is 1.